The Balaban J connectivity index is 1.46. The van der Waals surface area contributed by atoms with Crippen molar-refractivity contribution in [2.24, 2.45) is 0 Å². The van der Waals surface area contributed by atoms with Gasteiger partial charge < -0.3 is 5.32 Å². The monoisotopic (exact) mass is 365 g/mol. The minimum atomic E-state index is -0.383. The first-order chi connectivity index (χ1) is 11.6. The molecule has 24 heavy (non-hydrogen) atoms. The van der Waals surface area contributed by atoms with E-state index >= 15 is 0 Å². The predicted molar refractivity (Wildman–Crippen MR) is 93.3 cm³/mol. The Hall–Kier alpha value is -1.80. The molecule has 0 fully saturated rings. The molecule has 0 unspecified atom stereocenters. The summed E-state index contributed by atoms with van der Waals surface area (Å²) >= 11 is 3.12. The van der Waals surface area contributed by atoms with Crippen LogP contribution in [0, 0.1) is 5.82 Å². The minimum absolute atomic E-state index is 0.0902. The molecule has 126 valence electrons. The van der Waals surface area contributed by atoms with E-state index in [0.29, 0.717) is 18.2 Å². The van der Waals surface area contributed by atoms with Gasteiger partial charge in [-0.1, -0.05) is 11.8 Å². The van der Waals surface area contributed by atoms with Gasteiger partial charge >= 0.3 is 0 Å². The Kier molecular flexibility index (Phi) is 5.57. The average Bonchev–Trinajstić information content (AvgIpc) is 3.06. The number of benzene rings is 1. The van der Waals surface area contributed by atoms with Gasteiger partial charge in [0.2, 0.25) is 0 Å². The molecule has 1 amide bonds. The van der Waals surface area contributed by atoms with E-state index in [1.807, 2.05) is 0 Å². The van der Waals surface area contributed by atoms with Crippen molar-refractivity contribution in [1.82, 2.24) is 14.9 Å². The number of amides is 1. The zero-order valence-corrected chi connectivity index (χ0v) is 14.5. The van der Waals surface area contributed by atoms with Crippen molar-refractivity contribution in [2.75, 3.05) is 18.1 Å². The van der Waals surface area contributed by atoms with Crippen molar-refractivity contribution in [2.45, 2.75) is 23.0 Å². The average molecular weight is 365 g/mol. The lowest BCUT2D eigenvalue weighted by molar-refractivity contribution is 0.0951. The molecule has 2 aromatic rings. The van der Waals surface area contributed by atoms with Crippen LogP contribution in [-0.2, 0) is 6.54 Å². The second-order valence-corrected chi connectivity index (χ2v) is 7.40. The first-order valence-electron chi connectivity index (χ1n) is 7.54. The van der Waals surface area contributed by atoms with Crippen LogP contribution in [0.5, 0.6) is 0 Å². The number of nitrogens with one attached hydrogen (secondary N) is 1. The highest BCUT2D eigenvalue weighted by Gasteiger charge is 2.19. The van der Waals surface area contributed by atoms with Crippen LogP contribution in [0.2, 0.25) is 0 Å². The molecule has 8 heteroatoms. The summed E-state index contributed by atoms with van der Waals surface area (Å²) in [5, 5.41) is 3.43. The predicted octanol–water partition coefficient (Wildman–Crippen LogP) is 2.40. The SMILES string of the molecule is O=C(NCCCSc1ccc(F)cc1)c1cnc2n(c1=O)CCS2. The Bertz CT molecular complexity index is 793. The maximum Gasteiger partial charge on any atom is 0.267 e. The third-order valence-corrected chi connectivity index (χ3v) is 5.56. The summed E-state index contributed by atoms with van der Waals surface area (Å²) in [5.41, 5.74) is -0.185. The molecule has 0 saturated heterocycles. The third kappa shape index (κ3) is 3.99. The maximum absolute atomic E-state index is 12.8. The molecule has 1 aromatic heterocycles. The van der Waals surface area contributed by atoms with E-state index in [1.165, 1.54) is 30.1 Å². The first-order valence-corrected chi connectivity index (χ1v) is 9.51. The van der Waals surface area contributed by atoms with E-state index in [1.54, 1.807) is 28.5 Å². The van der Waals surface area contributed by atoms with E-state index < -0.39 is 0 Å². The molecule has 1 aliphatic heterocycles. The quantitative estimate of drug-likeness (QED) is 0.484. The largest absolute Gasteiger partial charge is 0.352 e. The molecule has 0 bridgehead atoms. The van der Waals surface area contributed by atoms with Gasteiger partial charge in [-0.2, -0.15) is 0 Å². The fourth-order valence-electron chi connectivity index (χ4n) is 2.26. The van der Waals surface area contributed by atoms with Crippen LogP contribution in [0.4, 0.5) is 4.39 Å². The van der Waals surface area contributed by atoms with E-state index in [0.717, 1.165) is 22.8 Å². The van der Waals surface area contributed by atoms with Crippen molar-refractivity contribution >= 4 is 29.4 Å². The molecule has 0 spiro atoms. The number of thioether (sulfide) groups is 2. The van der Waals surface area contributed by atoms with Gasteiger partial charge in [-0.25, -0.2) is 9.37 Å². The van der Waals surface area contributed by atoms with Crippen LogP contribution < -0.4 is 10.9 Å². The summed E-state index contributed by atoms with van der Waals surface area (Å²) in [6.07, 6.45) is 2.11. The molecular formula is C16H16FN3O2S2. The van der Waals surface area contributed by atoms with Gasteiger partial charge in [0, 0.05) is 29.9 Å². The number of hydrogen-bond acceptors (Lipinski definition) is 5. The van der Waals surface area contributed by atoms with Crippen LogP contribution in [-0.4, -0.2) is 33.5 Å². The van der Waals surface area contributed by atoms with Crippen LogP contribution in [0.3, 0.4) is 0 Å². The fraction of sp³-hybridized carbons (Fsp3) is 0.312. The number of carbonyl (C=O) groups excluding carboxylic acids is 1. The molecule has 1 aromatic carbocycles. The number of aromatic nitrogens is 2. The fourth-order valence-corrected chi connectivity index (χ4v) is 4.03. The number of carbonyl (C=O) groups is 1. The van der Waals surface area contributed by atoms with Gasteiger partial charge in [-0.3, -0.25) is 14.2 Å². The molecule has 2 heterocycles. The third-order valence-electron chi connectivity index (χ3n) is 3.49. The smallest absolute Gasteiger partial charge is 0.267 e. The van der Waals surface area contributed by atoms with Gasteiger partial charge in [0.05, 0.1) is 0 Å². The standard InChI is InChI=1S/C16H16FN3O2S2/c17-11-2-4-12(5-3-11)23-8-1-6-18-14(21)13-10-19-16-20(15(13)22)7-9-24-16/h2-5,10H,1,6-9H2,(H,18,21). The Labute approximate surface area is 147 Å². The molecule has 0 aliphatic carbocycles. The second-order valence-electron chi connectivity index (χ2n) is 5.17. The van der Waals surface area contributed by atoms with Crippen molar-refractivity contribution in [1.29, 1.82) is 0 Å². The molecule has 5 nitrogen and oxygen atoms in total. The van der Waals surface area contributed by atoms with Gasteiger partial charge in [-0.15, -0.1) is 11.8 Å². The lowest BCUT2D eigenvalue weighted by Crippen LogP contribution is -2.34. The number of rotatable bonds is 6. The van der Waals surface area contributed by atoms with E-state index in [2.05, 4.69) is 10.3 Å². The van der Waals surface area contributed by atoms with Crippen LogP contribution >= 0.6 is 23.5 Å². The summed E-state index contributed by atoms with van der Waals surface area (Å²) in [4.78, 5) is 29.5. The van der Waals surface area contributed by atoms with Crippen molar-refractivity contribution in [3.63, 3.8) is 0 Å². The molecule has 0 radical (unpaired) electrons. The summed E-state index contributed by atoms with van der Waals surface area (Å²) in [5.74, 6) is 0.975. The van der Waals surface area contributed by atoms with Crippen molar-refractivity contribution < 1.29 is 9.18 Å². The minimum Gasteiger partial charge on any atom is -0.352 e. The van der Waals surface area contributed by atoms with Gasteiger partial charge in [0.1, 0.15) is 11.4 Å². The van der Waals surface area contributed by atoms with Gasteiger partial charge in [-0.05, 0) is 36.4 Å². The number of hydrogen-bond donors (Lipinski definition) is 1. The highest BCUT2D eigenvalue weighted by molar-refractivity contribution is 7.99. The maximum atomic E-state index is 12.8. The van der Waals surface area contributed by atoms with Gasteiger partial charge in [0.15, 0.2) is 5.16 Å². The Morgan fingerprint density at radius 3 is 2.96 bits per heavy atom. The van der Waals surface area contributed by atoms with E-state index in [-0.39, 0.29) is 22.8 Å². The zero-order valence-electron chi connectivity index (χ0n) is 12.8. The molecule has 3 rings (SSSR count). The number of fused-ring (bicyclic) bond motifs is 1. The summed E-state index contributed by atoms with van der Waals surface area (Å²) < 4.78 is 14.4. The van der Waals surface area contributed by atoms with Crippen LogP contribution in [0.1, 0.15) is 16.8 Å². The van der Waals surface area contributed by atoms with Gasteiger partial charge in [0.25, 0.3) is 11.5 Å². The zero-order chi connectivity index (χ0) is 16.9. The Morgan fingerprint density at radius 2 is 2.17 bits per heavy atom. The van der Waals surface area contributed by atoms with E-state index in [9.17, 15) is 14.0 Å². The van der Waals surface area contributed by atoms with E-state index in [4.69, 9.17) is 0 Å². The second kappa shape index (κ2) is 7.85. The van der Waals surface area contributed by atoms with Crippen molar-refractivity contribution in [3.05, 3.63) is 52.2 Å². The topological polar surface area (TPSA) is 64.0 Å². The molecule has 0 atom stereocenters. The normalized spacial score (nSPS) is 12.9. The summed E-state index contributed by atoms with van der Waals surface area (Å²) in [6.45, 7) is 1.07. The Morgan fingerprint density at radius 1 is 1.38 bits per heavy atom. The summed E-state index contributed by atoms with van der Waals surface area (Å²) in [6, 6.07) is 6.31. The lowest BCUT2D eigenvalue weighted by atomic mass is 10.3. The lowest BCUT2D eigenvalue weighted by Gasteiger charge is -2.07. The molecule has 0 saturated carbocycles. The summed E-state index contributed by atoms with van der Waals surface area (Å²) in [7, 11) is 0. The highest BCUT2D eigenvalue weighted by atomic mass is 32.2. The number of nitrogens with zero attached hydrogens (tertiary/aromatic N) is 2. The molecular weight excluding hydrogens is 349 g/mol. The van der Waals surface area contributed by atoms with Crippen LogP contribution in [0.15, 0.2) is 45.3 Å². The molecule has 1 aliphatic rings. The van der Waals surface area contributed by atoms with Crippen LogP contribution in [0.25, 0.3) is 0 Å². The van der Waals surface area contributed by atoms with Crippen molar-refractivity contribution in [3.8, 4) is 0 Å². The highest BCUT2D eigenvalue weighted by Crippen LogP contribution is 2.20. The first kappa shape index (κ1) is 17.0. The number of halogens is 1. The molecule has 1 N–H and O–H groups in total.